The summed E-state index contributed by atoms with van der Waals surface area (Å²) in [6.07, 6.45) is 1.37. The lowest BCUT2D eigenvalue weighted by atomic mass is 10.2. The van der Waals surface area contributed by atoms with Gasteiger partial charge in [-0.15, -0.1) is 0 Å². The van der Waals surface area contributed by atoms with E-state index in [1.165, 1.54) is 18.2 Å². The van der Waals surface area contributed by atoms with Crippen molar-refractivity contribution in [3.63, 3.8) is 0 Å². The quantitative estimate of drug-likeness (QED) is 0.561. The first kappa shape index (κ1) is 22.5. The van der Waals surface area contributed by atoms with Crippen LogP contribution in [0.2, 0.25) is 0 Å². The molecule has 0 saturated heterocycles. The van der Waals surface area contributed by atoms with Gasteiger partial charge >= 0.3 is 0 Å². The molecule has 158 valence electrons. The van der Waals surface area contributed by atoms with Crippen molar-refractivity contribution < 1.29 is 27.1 Å². The van der Waals surface area contributed by atoms with Gasteiger partial charge < -0.3 is 14.8 Å². The van der Waals surface area contributed by atoms with Crippen LogP contribution in [0.4, 0.5) is 10.1 Å². The fourth-order valence-corrected chi connectivity index (χ4v) is 3.61. The highest BCUT2D eigenvalue weighted by atomic mass is 32.2. The minimum absolute atomic E-state index is 0.00744. The van der Waals surface area contributed by atoms with Gasteiger partial charge in [-0.3, -0.25) is 9.10 Å². The second-order valence-electron chi connectivity index (χ2n) is 6.27. The van der Waals surface area contributed by atoms with Crippen LogP contribution in [0.15, 0.2) is 48.5 Å². The lowest BCUT2D eigenvalue weighted by Crippen LogP contribution is -2.33. The van der Waals surface area contributed by atoms with Gasteiger partial charge in [0, 0.05) is 19.0 Å². The van der Waals surface area contributed by atoms with Gasteiger partial charge in [-0.2, -0.15) is 0 Å². The Balaban J connectivity index is 1.75. The van der Waals surface area contributed by atoms with E-state index in [1.54, 1.807) is 37.4 Å². The molecule has 0 spiro atoms. The highest BCUT2D eigenvalue weighted by Crippen LogP contribution is 2.22. The van der Waals surface area contributed by atoms with E-state index < -0.39 is 15.8 Å². The summed E-state index contributed by atoms with van der Waals surface area (Å²) in [4.78, 5) is 12.0. The van der Waals surface area contributed by atoms with Crippen LogP contribution in [0.25, 0.3) is 0 Å². The zero-order valence-corrected chi connectivity index (χ0v) is 17.2. The van der Waals surface area contributed by atoms with Crippen LogP contribution in [-0.4, -0.2) is 47.4 Å². The van der Waals surface area contributed by atoms with Gasteiger partial charge in [-0.1, -0.05) is 18.2 Å². The number of hydrogen-bond donors (Lipinski definition) is 1. The summed E-state index contributed by atoms with van der Waals surface area (Å²) < 4.78 is 49.5. The first-order chi connectivity index (χ1) is 13.8. The van der Waals surface area contributed by atoms with Crippen molar-refractivity contribution >= 4 is 21.6 Å². The number of para-hydroxylation sites is 1. The Kier molecular flexibility index (Phi) is 8.26. The summed E-state index contributed by atoms with van der Waals surface area (Å²) in [6.45, 7) is 0.593. The van der Waals surface area contributed by atoms with Crippen molar-refractivity contribution in [2.24, 2.45) is 0 Å². The SMILES string of the molecule is COc1cccc(OCCNC(=O)CCCN(c2ccccc2F)S(C)(=O)=O)c1. The van der Waals surface area contributed by atoms with Crippen LogP contribution < -0.4 is 19.1 Å². The van der Waals surface area contributed by atoms with E-state index >= 15 is 0 Å². The van der Waals surface area contributed by atoms with Gasteiger partial charge in [-0.25, -0.2) is 12.8 Å². The molecule has 1 N–H and O–H groups in total. The molecule has 0 atom stereocenters. The average molecular weight is 424 g/mol. The molecule has 2 aromatic carbocycles. The van der Waals surface area contributed by atoms with Gasteiger partial charge in [-0.05, 0) is 30.7 Å². The van der Waals surface area contributed by atoms with Crippen LogP contribution >= 0.6 is 0 Å². The third-order valence-electron chi connectivity index (χ3n) is 4.02. The zero-order valence-electron chi connectivity index (χ0n) is 16.4. The number of nitrogens with one attached hydrogen (secondary N) is 1. The summed E-state index contributed by atoms with van der Waals surface area (Å²) in [5.74, 6) is 0.447. The number of methoxy groups -OCH3 is 1. The molecule has 29 heavy (non-hydrogen) atoms. The summed E-state index contributed by atoms with van der Waals surface area (Å²) in [6, 6.07) is 12.8. The molecular formula is C20H25FN2O5S. The van der Waals surface area contributed by atoms with Crippen LogP contribution in [0, 0.1) is 5.82 Å². The summed E-state index contributed by atoms with van der Waals surface area (Å²) in [5.41, 5.74) is -0.0258. The number of carbonyl (C=O) groups is 1. The van der Waals surface area contributed by atoms with Crippen molar-refractivity contribution in [2.75, 3.05) is 37.4 Å². The molecule has 0 aliphatic rings. The van der Waals surface area contributed by atoms with E-state index in [9.17, 15) is 17.6 Å². The Morgan fingerprint density at radius 2 is 1.86 bits per heavy atom. The Bertz CT molecular complexity index is 921. The fraction of sp³-hybridized carbons (Fsp3) is 0.350. The number of rotatable bonds is 11. The van der Waals surface area contributed by atoms with Crippen LogP contribution in [0.3, 0.4) is 0 Å². The Hall–Kier alpha value is -2.81. The van der Waals surface area contributed by atoms with Crippen molar-refractivity contribution in [3.05, 3.63) is 54.3 Å². The minimum Gasteiger partial charge on any atom is -0.497 e. The van der Waals surface area contributed by atoms with Crippen molar-refractivity contribution in [2.45, 2.75) is 12.8 Å². The monoisotopic (exact) mass is 424 g/mol. The lowest BCUT2D eigenvalue weighted by Gasteiger charge is -2.22. The van der Waals surface area contributed by atoms with Crippen molar-refractivity contribution in [1.82, 2.24) is 5.32 Å². The summed E-state index contributed by atoms with van der Waals surface area (Å²) in [5, 5.41) is 2.71. The molecule has 7 nitrogen and oxygen atoms in total. The standard InChI is InChI=1S/C20H25FN2O5S/c1-27-16-7-5-8-17(15-16)28-14-12-22-20(24)11-6-13-23(29(2,25)26)19-10-4-3-9-18(19)21/h3-5,7-10,15H,6,11-14H2,1-2H3,(H,22,24). The van der Waals surface area contributed by atoms with Crippen molar-refractivity contribution in [1.29, 1.82) is 0 Å². The zero-order chi connectivity index (χ0) is 21.3. The van der Waals surface area contributed by atoms with Crippen LogP contribution in [0.5, 0.6) is 11.5 Å². The maximum absolute atomic E-state index is 13.9. The van der Waals surface area contributed by atoms with Crippen LogP contribution in [0.1, 0.15) is 12.8 Å². The molecule has 0 bridgehead atoms. The van der Waals surface area contributed by atoms with Crippen molar-refractivity contribution in [3.8, 4) is 11.5 Å². The van der Waals surface area contributed by atoms with E-state index in [4.69, 9.17) is 9.47 Å². The first-order valence-corrected chi connectivity index (χ1v) is 10.9. The number of nitrogens with zero attached hydrogens (tertiary/aromatic N) is 1. The van der Waals surface area contributed by atoms with E-state index in [2.05, 4.69) is 5.32 Å². The number of anilines is 1. The molecule has 2 aromatic rings. The topological polar surface area (TPSA) is 84.9 Å². The normalized spacial score (nSPS) is 11.0. The van der Waals surface area contributed by atoms with Gasteiger partial charge in [0.2, 0.25) is 15.9 Å². The number of carbonyl (C=O) groups excluding carboxylic acids is 1. The molecule has 0 aliphatic carbocycles. The highest BCUT2D eigenvalue weighted by Gasteiger charge is 2.20. The molecule has 9 heteroatoms. The lowest BCUT2D eigenvalue weighted by molar-refractivity contribution is -0.121. The molecule has 0 aromatic heterocycles. The predicted molar refractivity (Wildman–Crippen MR) is 109 cm³/mol. The molecule has 0 unspecified atom stereocenters. The fourth-order valence-electron chi connectivity index (χ4n) is 2.64. The molecule has 2 rings (SSSR count). The largest absolute Gasteiger partial charge is 0.497 e. The molecule has 0 heterocycles. The van der Waals surface area contributed by atoms with E-state index in [0.29, 0.717) is 18.0 Å². The Labute approximate surface area is 170 Å². The number of ether oxygens (including phenoxy) is 2. The van der Waals surface area contributed by atoms with Gasteiger partial charge in [0.05, 0.1) is 25.6 Å². The summed E-state index contributed by atoms with van der Waals surface area (Å²) in [7, 11) is -2.10. The number of hydrogen-bond acceptors (Lipinski definition) is 5. The van der Waals surface area contributed by atoms with Gasteiger partial charge in [0.1, 0.15) is 23.9 Å². The number of sulfonamides is 1. The average Bonchev–Trinajstić information content (AvgIpc) is 2.69. The smallest absolute Gasteiger partial charge is 0.232 e. The second-order valence-corrected chi connectivity index (χ2v) is 8.17. The van der Waals surface area contributed by atoms with Crippen LogP contribution in [-0.2, 0) is 14.8 Å². The molecule has 1 amide bonds. The Morgan fingerprint density at radius 3 is 2.55 bits per heavy atom. The van der Waals surface area contributed by atoms with E-state index in [0.717, 1.165) is 10.6 Å². The first-order valence-electron chi connectivity index (χ1n) is 9.07. The molecule has 0 aliphatic heterocycles. The van der Waals surface area contributed by atoms with E-state index in [-0.39, 0.29) is 37.6 Å². The van der Waals surface area contributed by atoms with E-state index in [1.807, 2.05) is 0 Å². The minimum atomic E-state index is -3.66. The molecule has 0 radical (unpaired) electrons. The molecule has 0 fully saturated rings. The number of benzene rings is 2. The van der Waals surface area contributed by atoms with Gasteiger partial charge in [0.15, 0.2) is 0 Å². The second kappa shape index (κ2) is 10.7. The molecular weight excluding hydrogens is 399 g/mol. The number of halogens is 1. The van der Waals surface area contributed by atoms with Gasteiger partial charge in [0.25, 0.3) is 0 Å². The Morgan fingerprint density at radius 1 is 1.14 bits per heavy atom. The predicted octanol–water partition coefficient (Wildman–Crippen LogP) is 2.58. The molecule has 0 saturated carbocycles. The highest BCUT2D eigenvalue weighted by molar-refractivity contribution is 7.92. The third kappa shape index (κ3) is 7.26. The maximum Gasteiger partial charge on any atom is 0.232 e. The maximum atomic E-state index is 13.9. The number of amides is 1. The third-order valence-corrected chi connectivity index (χ3v) is 5.20. The summed E-state index contributed by atoms with van der Waals surface area (Å²) >= 11 is 0.